The van der Waals surface area contributed by atoms with Crippen molar-refractivity contribution in [3.05, 3.63) is 29.8 Å². The molecular weight excluding hydrogens is 240 g/mol. The molecular formula is C15H24N2O2. The Bertz CT molecular complexity index is 420. The van der Waals surface area contributed by atoms with E-state index in [0.717, 1.165) is 18.4 Å². The molecule has 0 radical (unpaired) electrons. The lowest BCUT2D eigenvalue weighted by molar-refractivity contribution is -0.132. The Balaban J connectivity index is 2.69. The first-order valence-corrected chi connectivity index (χ1v) is 6.76. The summed E-state index contributed by atoms with van der Waals surface area (Å²) in [6.45, 7) is 3.96. The Morgan fingerprint density at radius 2 is 2.05 bits per heavy atom. The number of hydrogen-bond donors (Lipinski definition) is 2. The Labute approximate surface area is 115 Å². The average molecular weight is 264 g/mol. The number of hydrogen-bond acceptors (Lipinski definition) is 3. The average Bonchev–Trinajstić information content (AvgIpc) is 2.37. The molecule has 3 N–H and O–H groups in total. The highest BCUT2D eigenvalue weighted by Crippen LogP contribution is 2.27. The van der Waals surface area contributed by atoms with E-state index in [-0.39, 0.29) is 23.7 Å². The van der Waals surface area contributed by atoms with E-state index in [1.807, 2.05) is 19.1 Å². The summed E-state index contributed by atoms with van der Waals surface area (Å²) in [4.78, 5) is 13.8. The Kier molecular flexibility index (Phi) is 5.83. The van der Waals surface area contributed by atoms with E-state index in [2.05, 4.69) is 6.92 Å². The number of aromatic hydroxyl groups is 1. The topological polar surface area (TPSA) is 66.6 Å². The fraction of sp³-hybridized carbons (Fsp3) is 0.533. The van der Waals surface area contributed by atoms with Crippen molar-refractivity contribution in [3.63, 3.8) is 0 Å². The quantitative estimate of drug-likeness (QED) is 0.829. The van der Waals surface area contributed by atoms with Crippen LogP contribution in [-0.2, 0) is 4.79 Å². The van der Waals surface area contributed by atoms with E-state index in [9.17, 15) is 9.90 Å². The lowest BCUT2D eigenvalue weighted by Gasteiger charge is -2.27. The number of nitrogens with two attached hydrogens (primary N) is 1. The summed E-state index contributed by atoms with van der Waals surface area (Å²) in [5, 5.41) is 9.82. The maximum atomic E-state index is 12.1. The summed E-state index contributed by atoms with van der Waals surface area (Å²) >= 11 is 0. The van der Waals surface area contributed by atoms with E-state index in [0.29, 0.717) is 6.42 Å². The van der Waals surface area contributed by atoms with E-state index >= 15 is 0 Å². The number of rotatable bonds is 6. The van der Waals surface area contributed by atoms with Gasteiger partial charge in [-0.1, -0.05) is 31.5 Å². The molecule has 1 amide bonds. The number of amides is 1. The molecule has 1 aromatic carbocycles. The monoisotopic (exact) mass is 264 g/mol. The minimum Gasteiger partial charge on any atom is -0.508 e. The molecule has 0 aromatic heterocycles. The zero-order valence-electron chi connectivity index (χ0n) is 12.0. The van der Waals surface area contributed by atoms with E-state index < -0.39 is 0 Å². The number of phenolic OH excluding ortho intramolecular Hbond substituents is 1. The standard InChI is InChI=1S/C15H24N2O2/c1-4-7-12(16)10-15(19)17(3)11(2)13-8-5-6-9-14(13)18/h5-6,8-9,11-12,18H,4,7,10,16H2,1-3H3. The van der Waals surface area contributed by atoms with Crippen molar-refractivity contribution in [2.45, 2.75) is 45.2 Å². The second-order valence-corrected chi connectivity index (χ2v) is 4.99. The molecule has 2 atom stereocenters. The number of carbonyl (C=O) groups excluding carboxylic acids is 1. The number of nitrogens with zero attached hydrogens (tertiary/aromatic N) is 1. The van der Waals surface area contributed by atoms with Gasteiger partial charge >= 0.3 is 0 Å². The first-order chi connectivity index (χ1) is 8.97. The van der Waals surface area contributed by atoms with Crippen LogP contribution in [0.3, 0.4) is 0 Å². The van der Waals surface area contributed by atoms with Gasteiger partial charge in [-0.05, 0) is 19.4 Å². The highest BCUT2D eigenvalue weighted by Gasteiger charge is 2.21. The molecule has 1 rings (SSSR count). The van der Waals surface area contributed by atoms with Crippen LogP contribution in [0.5, 0.6) is 5.75 Å². The van der Waals surface area contributed by atoms with E-state index in [4.69, 9.17) is 5.73 Å². The molecule has 106 valence electrons. The minimum absolute atomic E-state index is 0.0108. The van der Waals surface area contributed by atoms with Crippen molar-refractivity contribution in [2.24, 2.45) is 5.73 Å². The van der Waals surface area contributed by atoms with Crippen molar-refractivity contribution in [1.29, 1.82) is 0 Å². The van der Waals surface area contributed by atoms with E-state index in [1.165, 1.54) is 0 Å². The molecule has 4 nitrogen and oxygen atoms in total. The van der Waals surface area contributed by atoms with Crippen molar-refractivity contribution in [2.75, 3.05) is 7.05 Å². The second-order valence-electron chi connectivity index (χ2n) is 4.99. The summed E-state index contributed by atoms with van der Waals surface area (Å²) < 4.78 is 0. The predicted octanol–water partition coefficient (Wildman–Crippen LogP) is 2.43. The summed E-state index contributed by atoms with van der Waals surface area (Å²) in [6.07, 6.45) is 2.18. The fourth-order valence-corrected chi connectivity index (χ4v) is 2.11. The normalized spacial score (nSPS) is 13.9. The number of carbonyl (C=O) groups is 1. The predicted molar refractivity (Wildman–Crippen MR) is 76.8 cm³/mol. The highest BCUT2D eigenvalue weighted by atomic mass is 16.3. The zero-order valence-corrected chi connectivity index (χ0v) is 12.0. The van der Waals surface area contributed by atoms with Crippen molar-refractivity contribution < 1.29 is 9.90 Å². The van der Waals surface area contributed by atoms with Crippen LogP contribution in [0.4, 0.5) is 0 Å². The largest absolute Gasteiger partial charge is 0.508 e. The van der Waals surface area contributed by atoms with Gasteiger partial charge in [-0.2, -0.15) is 0 Å². The maximum absolute atomic E-state index is 12.1. The Hall–Kier alpha value is -1.55. The molecule has 19 heavy (non-hydrogen) atoms. The lowest BCUT2D eigenvalue weighted by atomic mass is 10.0. The lowest BCUT2D eigenvalue weighted by Crippen LogP contribution is -2.34. The molecule has 0 saturated heterocycles. The van der Waals surface area contributed by atoms with Gasteiger partial charge in [-0.15, -0.1) is 0 Å². The molecule has 2 unspecified atom stereocenters. The SMILES string of the molecule is CCCC(N)CC(=O)N(C)C(C)c1ccccc1O. The third-order valence-corrected chi connectivity index (χ3v) is 3.46. The van der Waals surface area contributed by atoms with Gasteiger partial charge in [0.1, 0.15) is 5.75 Å². The van der Waals surface area contributed by atoms with Crippen LogP contribution in [0.25, 0.3) is 0 Å². The van der Waals surface area contributed by atoms with Crippen LogP contribution in [0.15, 0.2) is 24.3 Å². The molecule has 0 bridgehead atoms. The molecule has 1 aromatic rings. The van der Waals surface area contributed by atoms with Gasteiger partial charge in [0.05, 0.1) is 6.04 Å². The van der Waals surface area contributed by atoms with Crippen LogP contribution in [-0.4, -0.2) is 29.0 Å². The summed E-state index contributed by atoms with van der Waals surface area (Å²) in [7, 11) is 1.75. The van der Waals surface area contributed by atoms with Gasteiger partial charge in [0.25, 0.3) is 0 Å². The minimum atomic E-state index is -0.164. The van der Waals surface area contributed by atoms with Crippen LogP contribution in [0, 0.1) is 0 Å². The number of para-hydroxylation sites is 1. The second kappa shape index (κ2) is 7.14. The van der Waals surface area contributed by atoms with Gasteiger partial charge in [0, 0.05) is 25.1 Å². The van der Waals surface area contributed by atoms with Gasteiger partial charge in [-0.3, -0.25) is 4.79 Å². The third-order valence-electron chi connectivity index (χ3n) is 3.46. The highest BCUT2D eigenvalue weighted by molar-refractivity contribution is 5.77. The zero-order chi connectivity index (χ0) is 14.4. The smallest absolute Gasteiger partial charge is 0.224 e. The van der Waals surface area contributed by atoms with Crippen molar-refractivity contribution in [1.82, 2.24) is 4.90 Å². The van der Waals surface area contributed by atoms with Gasteiger partial charge in [0.15, 0.2) is 0 Å². The molecule has 0 aliphatic carbocycles. The summed E-state index contributed by atoms with van der Waals surface area (Å²) in [5.41, 5.74) is 6.65. The Morgan fingerprint density at radius 1 is 1.42 bits per heavy atom. The molecule has 0 aliphatic heterocycles. The molecule has 0 fully saturated rings. The molecule has 4 heteroatoms. The first kappa shape index (κ1) is 15.5. The summed E-state index contributed by atoms with van der Waals surface area (Å²) in [6, 6.07) is 6.83. The maximum Gasteiger partial charge on any atom is 0.224 e. The van der Waals surface area contributed by atoms with Crippen molar-refractivity contribution >= 4 is 5.91 Å². The van der Waals surface area contributed by atoms with Crippen LogP contribution in [0.1, 0.15) is 44.7 Å². The van der Waals surface area contributed by atoms with Crippen molar-refractivity contribution in [3.8, 4) is 5.75 Å². The van der Waals surface area contributed by atoms with Gasteiger partial charge in [0.2, 0.25) is 5.91 Å². The fourth-order valence-electron chi connectivity index (χ4n) is 2.11. The molecule has 0 saturated carbocycles. The number of benzene rings is 1. The van der Waals surface area contributed by atoms with Crippen LogP contribution >= 0.6 is 0 Å². The Morgan fingerprint density at radius 3 is 2.63 bits per heavy atom. The number of phenols is 1. The van der Waals surface area contributed by atoms with Gasteiger partial charge < -0.3 is 15.7 Å². The summed E-state index contributed by atoms with van der Waals surface area (Å²) in [5.74, 6) is 0.226. The third kappa shape index (κ3) is 4.24. The molecule has 0 aliphatic rings. The molecule has 0 spiro atoms. The van der Waals surface area contributed by atoms with Crippen LogP contribution in [0.2, 0.25) is 0 Å². The van der Waals surface area contributed by atoms with Gasteiger partial charge in [-0.25, -0.2) is 0 Å². The van der Waals surface area contributed by atoms with Crippen LogP contribution < -0.4 is 5.73 Å². The molecule has 0 heterocycles. The first-order valence-electron chi connectivity index (χ1n) is 6.76. The van der Waals surface area contributed by atoms with E-state index in [1.54, 1.807) is 24.1 Å².